The third-order valence-electron chi connectivity index (χ3n) is 2.97. The number of para-hydroxylation sites is 1. The van der Waals surface area contributed by atoms with Crippen molar-refractivity contribution in [1.82, 2.24) is 4.98 Å². The van der Waals surface area contributed by atoms with Crippen LogP contribution in [-0.2, 0) is 6.42 Å². The summed E-state index contributed by atoms with van der Waals surface area (Å²) < 4.78 is 5.26. The Labute approximate surface area is 87.1 Å². The topological polar surface area (TPSA) is 42.1 Å². The Kier molecular flexibility index (Phi) is 1.63. The van der Waals surface area contributed by atoms with Gasteiger partial charge in [-0.15, -0.1) is 0 Å². The minimum Gasteiger partial charge on any atom is -0.495 e. The van der Waals surface area contributed by atoms with Crippen molar-refractivity contribution in [3.05, 3.63) is 29.5 Å². The van der Waals surface area contributed by atoms with Gasteiger partial charge in [0, 0.05) is 23.1 Å². The van der Waals surface area contributed by atoms with Crippen LogP contribution in [0.15, 0.2) is 18.2 Å². The minimum atomic E-state index is 0.240. The fourth-order valence-electron chi connectivity index (χ4n) is 2.28. The summed E-state index contributed by atoms with van der Waals surface area (Å²) in [4.78, 5) is 15.0. The summed E-state index contributed by atoms with van der Waals surface area (Å²) in [5.74, 6) is 1.04. The Balaban J connectivity index is 2.39. The average Bonchev–Trinajstić information content (AvgIpc) is 2.78. The van der Waals surface area contributed by atoms with E-state index >= 15 is 0 Å². The first kappa shape index (κ1) is 8.53. The van der Waals surface area contributed by atoms with Crippen molar-refractivity contribution in [3.8, 4) is 5.75 Å². The highest BCUT2D eigenvalue weighted by atomic mass is 16.5. The van der Waals surface area contributed by atoms with Gasteiger partial charge in [-0.05, 0) is 12.5 Å². The number of hydrogen-bond acceptors (Lipinski definition) is 2. The van der Waals surface area contributed by atoms with Gasteiger partial charge in [-0.1, -0.05) is 12.1 Å². The fraction of sp³-hybridized carbons (Fsp3) is 0.250. The molecular formula is C12H11NO2. The van der Waals surface area contributed by atoms with Crippen molar-refractivity contribution in [2.24, 2.45) is 0 Å². The van der Waals surface area contributed by atoms with Crippen molar-refractivity contribution in [1.29, 1.82) is 0 Å². The number of benzene rings is 1. The number of ether oxygens (including phenoxy) is 1. The van der Waals surface area contributed by atoms with Crippen LogP contribution in [-0.4, -0.2) is 17.9 Å². The van der Waals surface area contributed by atoms with Gasteiger partial charge in [0.1, 0.15) is 5.75 Å². The molecule has 0 fully saturated rings. The lowest BCUT2D eigenvalue weighted by Crippen LogP contribution is -1.90. The van der Waals surface area contributed by atoms with E-state index in [1.807, 2.05) is 18.2 Å². The fourth-order valence-corrected chi connectivity index (χ4v) is 2.28. The van der Waals surface area contributed by atoms with E-state index in [1.54, 1.807) is 7.11 Å². The summed E-state index contributed by atoms with van der Waals surface area (Å²) in [6, 6.07) is 5.79. The van der Waals surface area contributed by atoms with Crippen molar-refractivity contribution in [2.75, 3.05) is 7.11 Å². The van der Waals surface area contributed by atoms with Gasteiger partial charge in [-0.25, -0.2) is 0 Å². The second-order valence-electron chi connectivity index (χ2n) is 3.78. The van der Waals surface area contributed by atoms with E-state index in [0.29, 0.717) is 6.42 Å². The maximum atomic E-state index is 11.7. The van der Waals surface area contributed by atoms with Gasteiger partial charge in [0.15, 0.2) is 5.78 Å². The van der Waals surface area contributed by atoms with Crippen molar-refractivity contribution >= 4 is 16.7 Å². The Bertz CT molecular complexity index is 554. The van der Waals surface area contributed by atoms with Crippen molar-refractivity contribution < 1.29 is 9.53 Å². The molecule has 0 amide bonds. The van der Waals surface area contributed by atoms with E-state index in [4.69, 9.17) is 4.74 Å². The number of fused-ring (bicyclic) bond motifs is 3. The number of ketones is 1. The molecular weight excluding hydrogens is 190 g/mol. The molecule has 2 aromatic rings. The standard InChI is InChI=1S/C12H11NO2/c1-15-10-4-2-3-7-11-8(13-12(7)10)5-6-9(11)14/h2-4,13H,5-6H2,1H3. The number of nitrogens with one attached hydrogen (secondary N) is 1. The largest absolute Gasteiger partial charge is 0.495 e. The molecule has 0 atom stereocenters. The molecule has 3 nitrogen and oxygen atoms in total. The summed E-state index contributed by atoms with van der Waals surface area (Å²) in [5.41, 5.74) is 2.86. The number of Topliss-reactive ketones (excluding diaryl/α,β-unsaturated/α-hetero) is 1. The zero-order valence-electron chi connectivity index (χ0n) is 8.46. The van der Waals surface area contributed by atoms with Crippen LogP contribution in [0, 0.1) is 0 Å². The number of hydrogen-bond donors (Lipinski definition) is 1. The van der Waals surface area contributed by atoms with E-state index in [0.717, 1.165) is 34.3 Å². The van der Waals surface area contributed by atoms with Crippen LogP contribution in [0.1, 0.15) is 22.5 Å². The number of methoxy groups -OCH3 is 1. The third-order valence-corrected chi connectivity index (χ3v) is 2.97. The van der Waals surface area contributed by atoms with Gasteiger partial charge < -0.3 is 9.72 Å². The molecule has 15 heavy (non-hydrogen) atoms. The predicted octanol–water partition coefficient (Wildman–Crippen LogP) is 2.31. The van der Waals surface area contributed by atoms with E-state index in [9.17, 15) is 4.79 Å². The van der Waals surface area contributed by atoms with Gasteiger partial charge in [0.25, 0.3) is 0 Å². The molecule has 1 aliphatic rings. The molecule has 0 spiro atoms. The summed E-state index contributed by atoms with van der Waals surface area (Å²) in [6.45, 7) is 0. The zero-order chi connectivity index (χ0) is 10.4. The molecule has 1 aromatic heterocycles. The van der Waals surface area contributed by atoms with E-state index in [-0.39, 0.29) is 5.78 Å². The molecule has 1 aliphatic carbocycles. The number of H-pyrrole nitrogens is 1. The number of aromatic nitrogens is 1. The van der Waals surface area contributed by atoms with E-state index in [2.05, 4.69) is 4.98 Å². The van der Waals surface area contributed by atoms with Crippen LogP contribution in [0.5, 0.6) is 5.75 Å². The van der Waals surface area contributed by atoms with Gasteiger partial charge >= 0.3 is 0 Å². The Morgan fingerprint density at radius 3 is 3.00 bits per heavy atom. The molecule has 0 saturated heterocycles. The first-order valence-corrected chi connectivity index (χ1v) is 5.02. The quantitative estimate of drug-likeness (QED) is 0.769. The highest BCUT2D eigenvalue weighted by Gasteiger charge is 2.25. The molecule has 0 aliphatic heterocycles. The molecule has 0 bridgehead atoms. The van der Waals surface area contributed by atoms with Crippen molar-refractivity contribution in [2.45, 2.75) is 12.8 Å². The molecule has 1 aromatic carbocycles. The molecule has 1 heterocycles. The first-order chi connectivity index (χ1) is 7.31. The second kappa shape index (κ2) is 2.86. The van der Waals surface area contributed by atoms with Crippen LogP contribution < -0.4 is 4.74 Å². The van der Waals surface area contributed by atoms with Crippen LogP contribution in [0.4, 0.5) is 0 Å². The summed E-state index contributed by atoms with van der Waals surface area (Å²) in [7, 11) is 1.64. The smallest absolute Gasteiger partial charge is 0.165 e. The number of aryl methyl sites for hydroxylation is 1. The zero-order valence-corrected chi connectivity index (χ0v) is 8.46. The van der Waals surface area contributed by atoms with Gasteiger partial charge in [-0.3, -0.25) is 4.79 Å². The van der Waals surface area contributed by atoms with E-state index < -0.39 is 0 Å². The lowest BCUT2D eigenvalue weighted by molar-refractivity contribution is 0.0996. The van der Waals surface area contributed by atoms with Gasteiger partial charge in [-0.2, -0.15) is 0 Å². The SMILES string of the molecule is COc1cccc2c3c([nH]c12)CCC3=O. The number of aromatic amines is 1. The van der Waals surface area contributed by atoms with Crippen LogP contribution >= 0.6 is 0 Å². The molecule has 3 heteroatoms. The van der Waals surface area contributed by atoms with Gasteiger partial charge in [0.2, 0.25) is 0 Å². The summed E-state index contributed by atoms with van der Waals surface area (Å²) in [6.07, 6.45) is 1.46. The molecule has 3 rings (SSSR count). The Morgan fingerprint density at radius 2 is 2.20 bits per heavy atom. The minimum absolute atomic E-state index is 0.240. The van der Waals surface area contributed by atoms with E-state index in [1.165, 1.54) is 0 Å². The van der Waals surface area contributed by atoms with Crippen LogP contribution in [0.2, 0.25) is 0 Å². The lowest BCUT2D eigenvalue weighted by atomic mass is 10.1. The molecule has 0 saturated carbocycles. The first-order valence-electron chi connectivity index (χ1n) is 5.02. The monoisotopic (exact) mass is 201 g/mol. The third kappa shape index (κ3) is 1.03. The molecule has 76 valence electrons. The lowest BCUT2D eigenvalue weighted by Gasteiger charge is -2.01. The Hall–Kier alpha value is -1.77. The highest BCUT2D eigenvalue weighted by Crippen LogP contribution is 2.34. The summed E-state index contributed by atoms with van der Waals surface area (Å²) in [5, 5.41) is 0.992. The molecule has 1 N–H and O–H groups in total. The van der Waals surface area contributed by atoms with Crippen LogP contribution in [0.3, 0.4) is 0 Å². The van der Waals surface area contributed by atoms with Crippen molar-refractivity contribution in [3.63, 3.8) is 0 Å². The average molecular weight is 201 g/mol. The number of rotatable bonds is 1. The maximum Gasteiger partial charge on any atom is 0.165 e. The predicted molar refractivity (Wildman–Crippen MR) is 57.5 cm³/mol. The molecule has 0 unspecified atom stereocenters. The van der Waals surface area contributed by atoms with Crippen LogP contribution in [0.25, 0.3) is 10.9 Å². The highest BCUT2D eigenvalue weighted by molar-refractivity contribution is 6.12. The molecule has 0 radical (unpaired) electrons. The maximum absolute atomic E-state index is 11.7. The normalized spacial score (nSPS) is 14.6. The number of carbonyl (C=O) groups is 1. The Morgan fingerprint density at radius 1 is 1.33 bits per heavy atom. The summed E-state index contributed by atoms with van der Waals surface area (Å²) >= 11 is 0. The number of carbonyl (C=O) groups excluding carboxylic acids is 1. The van der Waals surface area contributed by atoms with Gasteiger partial charge in [0.05, 0.1) is 12.6 Å². The second-order valence-corrected chi connectivity index (χ2v) is 3.78.